The molecule has 0 aromatic rings. The number of carbonyl (C=O) groups is 2. The average Bonchev–Trinajstić information content (AvgIpc) is 2.54. The summed E-state index contributed by atoms with van der Waals surface area (Å²) in [6.07, 6.45) is 14.5. The molecule has 29 heavy (non-hydrogen) atoms. The lowest BCUT2D eigenvalue weighted by Gasteiger charge is -2.23. The van der Waals surface area contributed by atoms with E-state index in [9.17, 15) is 14.7 Å². The first-order valence-corrected chi connectivity index (χ1v) is 9.69. The highest BCUT2D eigenvalue weighted by Gasteiger charge is 2.16. The fourth-order valence-electron chi connectivity index (χ4n) is 2.06. The van der Waals surface area contributed by atoms with Gasteiger partial charge >= 0.3 is 0 Å². The Balaban J connectivity index is 0. The van der Waals surface area contributed by atoms with E-state index >= 15 is 0 Å². The topological polar surface area (TPSA) is 63.6 Å². The Hall–Kier alpha value is -2.30. The lowest BCUT2D eigenvalue weighted by molar-refractivity contribution is -0.104. The van der Waals surface area contributed by atoms with Crippen molar-refractivity contribution in [3.8, 4) is 0 Å². The van der Waals surface area contributed by atoms with Gasteiger partial charge in [-0.1, -0.05) is 46.6 Å². The molecule has 0 spiro atoms. The summed E-state index contributed by atoms with van der Waals surface area (Å²) in [6.45, 7) is 15.8. The maximum Gasteiger partial charge on any atom is 0.175 e. The van der Waals surface area contributed by atoms with E-state index in [1.54, 1.807) is 6.08 Å². The number of aliphatic hydroxyl groups is 1. The van der Waals surface area contributed by atoms with E-state index in [1.807, 2.05) is 79.7 Å². The van der Waals surface area contributed by atoms with Crippen LogP contribution in [0.2, 0.25) is 0 Å². The highest BCUT2D eigenvalue weighted by Crippen LogP contribution is 2.19. The average molecular weight is 403 g/mol. The SMILES string of the molecule is CC(C)=C/C=C/C(C)=C/C=O.CC(C)=CC1CC(C)=CC(O)O1.CC(C)=CC=O. The zero-order valence-corrected chi connectivity index (χ0v) is 19.2. The van der Waals surface area contributed by atoms with Gasteiger partial charge in [-0.25, -0.2) is 0 Å². The van der Waals surface area contributed by atoms with Crippen molar-refractivity contribution in [1.82, 2.24) is 0 Å². The highest BCUT2D eigenvalue weighted by atomic mass is 16.6. The number of allylic oxidation sites excluding steroid dienone is 9. The van der Waals surface area contributed by atoms with Crippen LogP contribution < -0.4 is 0 Å². The van der Waals surface area contributed by atoms with Gasteiger partial charge in [-0.15, -0.1) is 0 Å². The van der Waals surface area contributed by atoms with E-state index in [2.05, 4.69) is 0 Å². The van der Waals surface area contributed by atoms with E-state index in [0.29, 0.717) is 0 Å². The van der Waals surface area contributed by atoms with Crippen molar-refractivity contribution in [2.75, 3.05) is 0 Å². The maximum atomic E-state index is 9.99. The van der Waals surface area contributed by atoms with Gasteiger partial charge in [-0.05, 0) is 85.6 Å². The minimum atomic E-state index is -0.723. The van der Waals surface area contributed by atoms with Crippen LogP contribution in [0.15, 0.2) is 70.4 Å². The molecule has 1 aliphatic heterocycles. The molecule has 0 radical (unpaired) electrons. The van der Waals surface area contributed by atoms with Gasteiger partial charge in [0.05, 0.1) is 6.10 Å². The number of ether oxygens (including phenoxy) is 1. The van der Waals surface area contributed by atoms with Gasteiger partial charge in [0.15, 0.2) is 6.29 Å². The van der Waals surface area contributed by atoms with E-state index in [-0.39, 0.29) is 6.10 Å². The molecular weight excluding hydrogens is 364 g/mol. The third kappa shape index (κ3) is 21.9. The van der Waals surface area contributed by atoms with Crippen LogP contribution in [0.1, 0.15) is 61.8 Å². The summed E-state index contributed by atoms with van der Waals surface area (Å²) in [6, 6.07) is 0. The molecule has 0 aromatic carbocycles. The van der Waals surface area contributed by atoms with Gasteiger partial charge in [0.2, 0.25) is 0 Å². The van der Waals surface area contributed by atoms with Gasteiger partial charge in [-0.2, -0.15) is 0 Å². The van der Waals surface area contributed by atoms with Crippen molar-refractivity contribution in [3.63, 3.8) is 0 Å². The molecule has 2 unspecified atom stereocenters. The van der Waals surface area contributed by atoms with E-state index < -0.39 is 6.29 Å². The van der Waals surface area contributed by atoms with Crippen LogP contribution in [0.3, 0.4) is 0 Å². The fourth-order valence-corrected chi connectivity index (χ4v) is 2.06. The highest BCUT2D eigenvalue weighted by molar-refractivity contribution is 5.67. The molecule has 4 heteroatoms. The van der Waals surface area contributed by atoms with Crippen LogP contribution in [0.25, 0.3) is 0 Å². The number of hydrogen-bond acceptors (Lipinski definition) is 4. The number of hydrogen-bond donors (Lipinski definition) is 1. The summed E-state index contributed by atoms with van der Waals surface area (Å²) >= 11 is 0. The van der Waals surface area contributed by atoms with E-state index in [4.69, 9.17) is 4.74 Å². The zero-order chi connectivity index (χ0) is 22.8. The Morgan fingerprint density at radius 3 is 1.86 bits per heavy atom. The monoisotopic (exact) mass is 402 g/mol. The normalized spacial score (nSPS) is 18.1. The van der Waals surface area contributed by atoms with Crippen LogP contribution in [-0.4, -0.2) is 30.1 Å². The number of aliphatic hydroxyl groups excluding tert-OH is 1. The third-order valence-corrected chi connectivity index (χ3v) is 3.30. The lowest BCUT2D eigenvalue weighted by atomic mass is 10.1. The zero-order valence-electron chi connectivity index (χ0n) is 19.2. The second-order valence-corrected chi connectivity index (χ2v) is 7.56. The van der Waals surface area contributed by atoms with Gasteiger partial charge < -0.3 is 9.84 Å². The van der Waals surface area contributed by atoms with Crippen molar-refractivity contribution < 1.29 is 19.4 Å². The van der Waals surface area contributed by atoms with Gasteiger partial charge in [-0.3, -0.25) is 9.59 Å². The summed E-state index contributed by atoms with van der Waals surface area (Å²) in [4.78, 5) is 19.5. The van der Waals surface area contributed by atoms with Crippen molar-refractivity contribution in [2.45, 2.75) is 74.2 Å². The van der Waals surface area contributed by atoms with E-state index in [0.717, 1.165) is 30.1 Å². The van der Waals surface area contributed by atoms with E-state index in [1.165, 1.54) is 28.9 Å². The standard InChI is InChI=1S/C10H16O2.C10H14O.C5H8O/c1-7(2)4-9-5-8(3)6-10(11)12-9;1-9(2)5-4-6-10(3)7-8-11;1-5(2)3-4-6/h4,6,9-11H,5H2,1-3H3;4-8H,1-3H3;3-4H,1-2H3/b;6-4+,10-7+;. The van der Waals surface area contributed by atoms with Gasteiger partial charge in [0.1, 0.15) is 12.6 Å². The van der Waals surface area contributed by atoms with Crippen molar-refractivity contribution in [3.05, 3.63) is 70.4 Å². The number of rotatable bonds is 5. The smallest absolute Gasteiger partial charge is 0.175 e. The molecule has 0 fully saturated rings. The fraction of sp³-hybridized carbons (Fsp3) is 0.440. The summed E-state index contributed by atoms with van der Waals surface area (Å²) < 4.78 is 5.27. The molecule has 0 amide bonds. The summed E-state index contributed by atoms with van der Waals surface area (Å²) in [5.41, 5.74) is 5.68. The first kappa shape index (κ1) is 28.9. The minimum absolute atomic E-state index is 0.0509. The Morgan fingerprint density at radius 1 is 0.931 bits per heavy atom. The molecule has 0 saturated heterocycles. The van der Waals surface area contributed by atoms with Crippen molar-refractivity contribution in [2.24, 2.45) is 0 Å². The molecule has 0 aliphatic carbocycles. The van der Waals surface area contributed by atoms with Crippen LogP contribution in [0, 0.1) is 0 Å². The minimum Gasteiger partial charge on any atom is -0.365 e. The second-order valence-electron chi connectivity index (χ2n) is 7.56. The molecule has 2 atom stereocenters. The van der Waals surface area contributed by atoms with Crippen molar-refractivity contribution in [1.29, 1.82) is 0 Å². The number of aldehydes is 2. The van der Waals surface area contributed by atoms with Gasteiger partial charge in [0.25, 0.3) is 0 Å². The quantitative estimate of drug-likeness (QED) is 0.273. The first-order chi connectivity index (χ1) is 13.5. The van der Waals surface area contributed by atoms with Crippen LogP contribution in [-0.2, 0) is 14.3 Å². The molecule has 4 nitrogen and oxygen atoms in total. The molecule has 1 N–H and O–H groups in total. The largest absolute Gasteiger partial charge is 0.365 e. The molecule has 1 aliphatic rings. The Bertz CT molecular complexity index is 661. The van der Waals surface area contributed by atoms with Crippen LogP contribution in [0.4, 0.5) is 0 Å². The predicted octanol–water partition coefficient (Wildman–Crippen LogP) is 5.81. The molecule has 162 valence electrons. The molecular formula is C25H38O4. The molecule has 0 bridgehead atoms. The Morgan fingerprint density at radius 2 is 1.48 bits per heavy atom. The second kappa shape index (κ2) is 17.8. The number of carbonyl (C=O) groups excluding carboxylic acids is 2. The third-order valence-electron chi connectivity index (χ3n) is 3.30. The summed E-state index contributed by atoms with van der Waals surface area (Å²) in [7, 11) is 0. The molecule has 0 aromatic heterocycles. The van der Waals surface area contributed by atoms with Crippen LogP contribution >= 0.6 is 0 Å². The van der Waals surface area contributed by atoms with Crippen LogP contribution in [0.5, 0.6) is 0 Å². The lowest BCUT2D eigenvalue weighted by Crippen LogP contribution is -2.24. The van der Waals surface area contributed by atoms with Gasteiger partial charge in [0, 0.05) is 0 Å². The Kier molecular flexibility index (Phi) is 17.7. The first-order valence-electron chi connectivity index (χ1n) is 9.69. The molecule has 1 heterocycles. The van der Waals surface area contributed by atoms with Crippen molar-refractivity contribution >= 4 is 12.6 Å². The predicted molar refractivity (Wildman–Crippen MR) is 123 cm³/mol. The molecule has 0 saturated carbocycles. The Labute approximate surface area is 177 Å². The maximum absolute atomic E-state index is 9.99. The summed E-state index contributed by atoms with van der Waals surface area (Å²) in [5, 5.41) is 9.24. The summed E-state index contributed by atoms with van der Waals surface area (Å²) in [5.74, 6) is 0. The molecule has 1 rings (SSSR count).